The van der Waals surface area contributed by atoms with Gasteiger partial charge in [0.25, 0.3) is 5.69 Å². The van der Waals surface area contributed by atoms with Gasteiger partial charge in [0.05, 0.1) is 17.0 Å². The Labute approximate surface area is 187 Å². The van der Waals surface area contributed by atoms with Gasteiger partial charge in [-0.05, 0) is 54.4 Å². The van der Waals surface area contributed by atoms with Crippen molar-refractivity contribution in [2.24, 2.45) is 5.73 Å². The molecule has 4 rings (SSSR count). The van der Waals surface area contributed by atoms with Crippen molar-refractivity contribution >= 4 is 28.4 Å². The van der Waals surface area contributed by atoms with Crippen molar-refractivity contribution < 1.29 is 19.9 Å². The molecular weight excluding hydrogens is 424 g/mol. The minimum Gasteiger partial charge on any atom is -0.507 e. The second-order valence-corrected chi connectivity index (χ2v) is 7.77. The number of rotatable bonds is 6. The molecule has 1 heterocycles. The number of benzene rings is 3. The molecule has 0 amide bonds. The fourth-order valence-corrected chi connectivity index (χ4v) is 3.82. The molecule has 1 aromatic heterocycles. The Hall–Kier alpha value is -4.66. The maximum atomic E-state index is 11.4. The number of phenolic OH excluding ortho intramolecular Hbond substituents is 1. The number of amidine groups is 1. The van der Waals surface area contributed by atoms with Crippen molar-refractivity contribution in [1.82, 2.24) is 4.98 Å². The van der Waals surface area contributed by atoms with E-state index in [1.807, 2.05) is 0 Å². The molecular formula is C24H20N4O5. The number of aryl methyl sites for hydroxylation is 1. The van der Waals surface area contributed by atoms with Crippen LogP contribution in [-0.2, 0) is 11.2 Å². The molecule has 3 aromatic carbocycles. The molecule has 9 heteroatoms. The Bertz CT molecular complexity index is 1460. The van der Waals surface area contributed by atoms with Crippen LogP contribution in [0.25, 0.3) is 33.3 Å². The van der Waals surface area contributed by atoms with Crippen LogP contribution in [0.4, 0.5) is 5.69 Å². The van der Waals surface area contributed by atoms with Crippen LogP contribution < -0.4 is 5.73 Å². The van der Waals surface area contributed by atoms with Crippen molar-refractivity contribution in [2.75, 3.05) is 0 Å². The highest BCUT2D eigenvalue weighted by Crippen LogP contribution is 2.41. The Kier molecular flexibility index (Phi) is 5.31. The van der Waals surface area contributed by atoms with Gasteiger partial charge in [-0.15, -0.1) is 0 Å². The molecule has 0 unspecified atom stereocenters. The lowest BCUT2D eigenvalue weighted by atomic mass is 9.94. The third-order valence-electron chi connectivity index (χ3n) is 5.46. The van der Waals surface area contributed by atoms with E-state index in [0.29, 0.717) is 33.5 Å². The summed E-state index contributed by atoms with van der Waals surface area (Å²) in [6, 6.07) is 14.7. The Morgan fingerprint density at radius 3 is 2.52 bits per heavy atom. The zero-order chi connectivity index (χ0) is 23.9. The van der Waals surface area contributed by atoms with Crippen molar-refractivity contribution in [3.05, 3.63) is 81.4 Å². The predicted molar refractivity (Wildman–Crippen MR) is 125 cm³/mol. The van der Waals surface area contributed by atoms with Crippen molar-refractivity contribution in [3.8, 4) is 28.1 Å². The normalized spacial score (nSPS) is 10.9. The van der Waals surface area contributed by atoms with Gasteiger partial charge in [-0.25, -0.2) is 0 Å². The Balaban J connectivity index is 1.93. The molecule has 0 aliphatic heterocycles. The number of hydrogen-bond donors (Lipinski definition) is 5. The number of carbonyl (C=O) groups is 1. The highest BCUT2D eigenvalue weighted by atomic mass is 16.6. The van der Waals surface area contributed by atoms with Gasteiger partial charge in [0.15, 0.2) is 0 Å². The van der Waals surface area contributed by atoms with E-state index >= 15 is 0 Å². The van der Waals surface area contributed by atoms with E-state index in [1.54, 1.807) is 49.4 Å². The van der Waals surface area contributed by atoms with Gasteiger partial charge in [0, 0.05) is 39.2 Å². The highest BCUT2D eigenvalue weighted by Gasteiger charge is 2.19. The van der Waals surface area contributed by atoms with Crippen LogP contribution in [0.2, 0.25) is 0 Å². The summed E-state index contributed by atoms with van der Waals surface area (Å²) in [4.78, 5) is 25.5. The fourth-order valence-electron chi connectivity index (χ4n) is 3.82. The summed E-state index contributed by atoms with van der Waals surface area (Å²) in [5.41, 5.74) is 9.23. The van der Waals surface area contributed by atoms with Gasteiger partial charge in [-0.1, -0.05) is 12.1 Å². The Morgan fingerprint density at radius 2 is 1.85 bits per heavy atom. The molecule has 166 valence electrons. The second-order valence-electron chi connectivity index (χ2n) is 7.77. The molecule has 0 saturated carbocycles. The summed E-state index contributed by atoms with van der Waals surface area (Å²) < 4.78 is 0. The molecule has 6 N–H and O–H groups in total. The summed E-state index contributed by atoms with van der Waals surface area (Å²) in [7, 11) is 0. The first-order valence-electron chi connectivity index (χ1n) is 9.94. The van der Waals surface area contributed by atoms with Gasteiger partial charge in [0.2, 0.25) is 0 Å². The molecule has 0 bridgehead atoms. The molecule has 33 heavy (non-hydrogen) atoms. The molecule has 0 aliphatic rings. The predicted octanol–water partition coefficient (Wildman–Crippen LogP) is 4.34. The van der Waals surface area contributed by atoms with Crippen LogP contribution in [-0.4, -0.2) is 31.9 Å². The van der Waals surface area contributed by atoms with Gasteiger partial charge in [-0.3, -0.25) is 20.3 Å². The number of aliphatic carboxylic acids is 1. The summed E-state index contributed by atoms with van der Waals surface area (Å²) in [5, 5.41) is 40.2. The summed E-state index contributed by atoms with van der Waals surface area (Å²) in [6.45, 7) is 1.62. The van der Waals surface area contributed by atoms with Crippen LogP contribution in [0.3, 0.4) is 0 Å². The minimum absolute atomic E-state index is 0.0748. The Morgan fingerprint density at radius 1 is 1.12 bits per heavy atom. The van der Waals surface area contributed by atoms with E-state index in [4.69, 9.17) is 11.1 Å². The monoisotopic (exact) mass is 444 g/mol. The van der Waals surface area contributed by atoms with Crippen LogP contribution >= 0.6 is 0 Å². The van der Waals surface area contributed by atoms with E-state index in [1.165, 1.54) is 12.1 Å². The number of nitrogens with zero attached hydrogens (tertiary/aromatic N) is 1. The van der Waals surface area contributed by atoms with Gasteiger partial charge in [0.1, 0.15) is 11.6 Å². The number of H-pyrrole nitrogens is 1. The quantitative estimate of drug-likeness (QED) is 0.128. The van der Waals surface area contributed by atoms with Gasteiger partial charge in [-0.2, -0.15) is 0 Å². The highest BCUT2D eigenvalue weighted by molar-refractivity contribution is 6.00. The second kappa shape index (κ2) is 8.12. The summed E-state index contributed by atoms with van der Waals surface area (Å²) >= 11 is 0. The van der Waals surface area contributed by atoms with Crippen LogP contribution in [0, 0.1) is 22.4 Å². The number of carboxylic acid groups (broad SMARTS) is 1. The summed E-state index contributed by atoms with van der Waals surface area (Å²) in [6.07, 6.45) is -0.289. The minimum atomic E-state index is -1.05. The molecule has 0 atom stereocenters. The first-order chi connectivity index (χ1) is 15.6. The van der Waals surface area contributed by atoms with Crippen molar-refractivity contribution in [1.29, 1.82) is 5.41 Å². The van der Waals surface area contributed by atoms with E-state index in [9.17, 15) is 25.1 Å². The number of aromatic nitrogens is 1. The molecule has 0 aliphatic carbocycles. The zero-order valence-electron chi connectivity index (χ0n) is 17.5. The first-order valence-corrected chi connectivity index (χ1v) is 9.94. The molecule has 0 saturated heterocycles. The lowest BCUT2D eigenvalue weighted by Crippen LogP contribution is -2.10. The standard InChI is InChI=1S/C24H20N4O5/c1-12-2-3-14(11-21(12)28(32)33)17-6-13(8-22(29)30)7-18(23(17)31)20-10-16-9-15(24(25)26)4-5-19(16)27-20/h2-7,9-11,27,31H,8H2,1H3,(H3,25,26)(H,29,30). The zero-order valence-corrected chi connectivity index (χ0v) is 17.5. The van der Waals surface area contributed by atoms with Crippen LogP contribution in [0.5, 0.6) is 5.75 Å². The third-order valence-corrected chi connectivity index (χ3v) is 5.46. The SMILES string of the molecule is Cc1ccc(-c2cc(CC(=O)O)cc(-c3cc4cc(C(=N)N)ccc4[nH]3)c2O)cc1[N+](=O)[O-]. The molecule has 0 radical (unpaired) electrons. The van der Waals surface area contributed by atoms with Crippen molar-refractivity contribution in [2.45, 2.75) is 13.3 Å². The summed E-state index contributed by atoms with van der Waals surface area (Å²) in [5.74, 6) is -1.26. The van der Waals surface area contributed by atoms with Gasteiger partial charge < -0.3 is 20.9 Å². The van der Waals surface area contributed by atoms with E-state index < -0.39 is 10.9 Å². The number of aromatic amines is 1. The number of nitrogen functional groups attached to an aromatic ring is 1. The van der Waals surface area contributed by atoms with Crippen LogP contribution in [0.1, 0.15) is 16.7 Å². The largest absolute Gasteiger partial charge is 0.507 e. The molecule has 0 spiro atoms. The number of nitro groups is 1. The third kappa shape index (κ3) is 4.11. The average Bonchev–Trinajstić information content (AvgIpc) is 3.17. The van der Waals surface area contributed by atoms with E-state index in [-0.39, 0.29) is 29.3 Å². The fraction of sp³-hybridized carbons (Fsp3) is 0.0833. The van der Waals surface area contributed by atoms with Crippen molar-refractivity contribution in [3.63, 3.8) is 0 Å². The number of fused-ring (bicyclic) bond motifs is 1. The molecule has 0 fully saturated rings. The van der Waals surface area contributed by atoms with E-state index in [0.717, 1.165) is 10.9 Å². The lowest BCUT2D eigenvalue weighted by molar-refractivity contribution is -0.385. The molecule has 4 aromatic rings. The number of nitrogens with one attached hydrogen (secondary N) is 2. The number of nitro benzene ring substituents is 1. The average molecular weight is 444 g/mol. The lowest BCUT2D eigenvalue weighted by Gasteiger charge is -2.13. The van der Waals surface area contributed by atoms with Crippen LogP contribution in [0.15, 0.2) is 54.6 Å². The maximum Gasteiger partial charge on any atom is 0.307 e. The number of carboxylic acids is 1. The number of hydrogen-bond acceptors (Lipinski definition) is 5. The number of phenols is 1. The number of aromatic hydroxyl groups is 1. The topological polar surface area (TPSA) is 166 Å². The number of nitrogens with two attached hydrogens (primary N) is 1. The first kappa shape index (κ1) is 21.6. The smallest absolute Gasteiger partial charge is 0.307 e. The molecule has 9 nitrogen and oxygen atoms in total. The maximum absolute atomic E-state index is 11.4. The van der Waals surface area contributed by atoms with E-state index in [2.05, 4.69) is 4.98 Å². The van der Waals surface area contributed by atoms with Gasteiger partial charge >= 0.3 is 5.97 Å².